The number of phenolic OH excluding ortho intramolecular Hbond substituents is 4. The molecule has 12 heavy (non-hydrogen) atoms. The van der Waals surface area contributed by atoms with Gasteiger partial charge >= 0.3 is 0 Å². The molecular formula is C8H12O4. The normalized spacial score (nSPS) is 8.50. The maximum atomic E-state index is 8.73. The first-order valence-electron chi connectivity index (χ1n) is 3.56. The van der Waals surface area contributed by atoms with Crippen LogP contribution < -0.4 is 0 Å². The molecule has 1 aromatic carbocycles. The zero-order valence-corrected chi connectivity index (χ0v) is 6.94. The molecule has 0 amide bonds. The highest BCUT2D eigenvalue weighted by Gasteiger charge is 2.08. The molecule has 0 aliphatic rings. The van der Waals surface area contributed by atoms with E-state index in [0.717, 1.165) is 12.1 Å². The largest absolute Gasteiger partial charge is 0.504 e. The molecule has 1 aromatic rings. The van der Waals surface area contributed by atoms with Crippen LogP contribution in [0.15, 0.2) is 12.1 Å². The van der Waals surface area contributed by atoms with Crippen LogP contribution in [0.25, 0.3) is 0 Å². The van der Waals surface area contributed by atoms with Crippen molar-refractivity contribution in [3.8, 4) is 23.0 Å². The standard InChI is InChI=1S/C6H6O4.C2H6/c7-3-1-2-4(8)6(10)5(3)9;1-2/h1-2,7-10H;1-2H3. The Hall–Kier alpha value is -1.58. The molecule has 0 aromatic heterocycles. The van der Waals surface area contributed by atoms with E-state index in [1.807, 2.05) is 13.8 Å². The van der Waals surface area contributed by atoms with E-state index in [0.29, 0.717) is 0 Å². The topological polar surface area (TPSA) is 80.9 Å². The first-order chi connectivity index (χ1) is 5.63. The summed E-state index contributed by atoms with van der Waals surface area (Å²) < 4.78 is 0. The van der Waals surface area contributed by atoms with Gasteiger partial charge in [0.25, 0.3) is 0 Å². The zero-order chi connectivity index (χ0) is 9.72. The van der Waals surface area contributed by atoms with Crippen molar-refractivity contribution >= 4 is 0 Å². The van der Waals surface area contributed by atoms with Crippen molar-refractivity contribution in [1.82, 2.24) is 0 Å². The fraction of sp³-hybridized carbons (Fsp3) is 0.250. The van der Waals surface area contributed by atoms with Crippen LogP contribution in [0.4, 0.5) is 0 Å². The molecule has 1 rings (SSSR count). The Bertz CT molecular complexity index is 230. The fourth-order valence-corrected chi connectivity index (χ4v) is 0.558. The third-order valence-electron chi connectivity index (χ3n) is 1.11. The van der Waals surface area contributed by atoms with Gasteiger partial charge in [-0.15, -0.1) is 0 Å². The maximum absolute atomic E-state index is 8.73. The summed E-state index contributed by atoms with van der Waals surface area (Å²) in [6.45, 7) is 4.00. The Morgan fingerprint density at radius 2 is 1.00 bits per heavy atom. The summed E-state index contributed by atoms with van der Waals surface area (Å²) in [5.41, 5.74) is 0. The lowest BCUT2D eigenvalue weighted by Gasteiger charge is -2.00. The molecule has 4 N–H and O–H groups in total. The Morgan fingerprint density at radius 1 is 0.750 bits per heavy atom. The Morgan fingerprint density at radius 3 is 1.25 bits per heavy atom. The van der Waals surface area contributed by atoms with E-state index in [2.05, 4.69) is 0 Å². The highest BCUT2D eigenvalue weighted by molar-refractivity contribution is 5.55. The highest BCUT2D eigenvalue weighted by Crippen LogP contribution is 2.40. The van der Waals surface area contributed by atoms with E-state index in [4.69, 9.17) is 20.4 Å². The molecule has 0 bridgehead atoms. The van der Waals surface area contributed by atoms with Gasteiger partial charge in [0.15, 0.2) is 11.5 Å². The molecule has 68 valence electrons. The molecule has 0 radical (unpaired) electrons. The Kier molecular flexibility index (Phi) is 3.76. The number of hydrogen-bond acceptors (Lipinski definition) is 4. The van der Waals surface area contributed by atoms with Gasteiger partial charge < -0.3 is 20.4 Å². The summed E-state index contributed by atoms with van der Waals surface area (Å²) in [5.74, 6) is -2.34. The minimum atomic E-state index is -0.708. The van der Waals surface area contributed by atoms with Crippen molar-refractivity contribution in [2.24, 2.45) is 0 Å². The molecule has 0 heterocycles. The monoisotopic (exact) mass is 172 g/mol. The first kappa shape index (κ1) is 10.4. The van der Waals surface area contributed by atoms with Gasteiger partial charge in [0.1, 0.15) is 0 Å². The number of rotatable bonds is 0. The molecule has 0 fully saturated rings. The smallest absolute Gasteiger partial charge is 0.204 e. The zero-order valence-electron chi connectivity index (χ0n) is 6.94. The van der Waals surface area contributed by atoms with Gasteiger partial charge in [-0.3, -0.25) is 0 Å². The van der Waals surface area contributed by atoms with Gasteiger partial charge in [-0.25, -0.2) is 0 Å². The molecule has 0 saturated carbocycles. The van der Waals surface area contributed by atoms with E-state index < -0.39 is 23.0 Å². The Balaban J connectivity index is 0.000000561. The van der Waals surface area contributed by atoms with E-state index in [-0.39, 0.29) is 0 Å². The number of phenols is 4. The van der Waals surface area contributed by atoms with Gasteiger partial charge in [0, 0.05) is 0 Å². The lowest BCUT2D eigenvalue weighted by molar-refractivity contribution is 0.346. The van der Waals surface area contributed by atoms with E-state index >= 15 is 0 Å². The number of hydrogen-bond donors (Lipinski definition) is 4. The molecule has 0 atom stereocenters. The number of benzene rings is 1. The Labute approximate surface area is 70.3 Å². The van der Waals surface area contributed by atoms with Crippen LogP contribution in [0.1, 0.15) is 13.8 Å². The summed E-state index contributed by atoms with van der Waals surface area (Å²) in [6.07, 6.45) is 0. The molecule has 0 spiro atoms. The van der Waals surface area contributed by atoms with Crippen molar-refractivity contribution in [2.45, 2.75) is 13.8 Å². The van der Waals surface area contributed by atoms with E-state index in [9.17, 15) is 0 Å². The predicted octanol–water partition coefficient (Wildman–Crippen LogP) is 1.54. The molecule has 4 heteroatoms. The lowest BCUT2D eigenvalue weighted by atomic mass is 10.3. The van der Waals surface area contributed by atoms with E-state index in [1.165, 1.54) is 0 Å². The average molecular weight is 172 g/mol. The lowest BCUT2D eigenvalue weighted by Crippen LogP contribution is -1.71. The van der Waals surface area contributed by atoms with Crippen molar-refractivity contribution in [3.05, 3.63) is 12.1 Å². The van der Waals surface area contributed by atoms with Gasteiger partial charge in [-0.2, -0.15) is 0 Å². The van der Waals surface area contributed by atoms with Crippen LogP contribution in [-0.2, 0) is 0 Å². The van der Waals surface area contributed by atoms with Crippen molar-refractivity contribution in [3.63, 3.8) is 0 Å². The summed E-state index contributed by atoms with van der Waals surface area (Å²) >= 11 is 0. The fourth-order valence-electron chi connectivity index (χ4n) is 0.558. The van der Waals surface area contributed by atoms with Crippen molar-refractivity contribution in [2.75, 3.05) is 0 Å². The van der Waals surface area contributed by atoms with Gasteiger partial charge in [0.2, 0.25) is 11.5 Å². The summed E-state index contributed by atoms with van der Waals surface area (Å²) in [6, 6.07) is 2.15. The van der Waals surface area contributed by atoms with Crippen LogP contribution >= 0.6 is 0 Å². The van der Waals surface area contributed by atoms with Crippen LogP contribution in [0.2, 0.25) is 0 Å². The third-order valence-corrected chi connectivity index (χ3v) is 1.11. The van der Waals surface area contributed by atoms with Crippen LogP contribution in [0, 0.1) is 0 Å². The minimum absolute atomic E-state index is 0.463. The molecule has 0 aliphatic carbocycles. The van der Waals surface area contributed by atoms with Gasteiger partial charge in [-0.05, 0) is 12.1 Å². The second-order valence-corrected chi connectivity index (χ2v) is 1.80. The molecule has 0 saturated heterocycles. The van der Waals surface area contributed by atoms with Crippen LogP contribution in [0.5, 0.6) is 23.0 Å². The molecule has 0 unspecified atom stereocenters. The van der Waals surface area contributed by atoms with Crippen molar-refractivity contribution < 1.29 is 20.4 Å². The quantitative estimate of drug-likeness (QED) is 0.353. The van der Waals surface area contributed by atoms with Gasteiger partial charge in [0.05, 0.1) is 0 Å². The summed E-state index contributed by atoms with van der Waals surface area (Å²) in [4.78, 5) is 0. The molecule has 0 aliphatic heterocycles. The van der Waals surface area contributed by atoms with Crippen molar-refractivity contribution in [1.29, 1.82) is 0 Å². The average Bonchev–Trinajstić information content (AvgIpc) is 2.12. The van der Waals surface area contributed by atoms with Crippen LogP contribution in [-0.4, -0.2) is 20.4 Å². The maximum Gasteiger partial charge on any atom is 0.204 e. The SMILES string of the molecule is CC.Oc1ccc(O)c(O)c1O. The second kappa shape index (κ2) is 4.33. The second-order valence-electron chi connectivity index (χ2n) is 1.80. The van der Waals surface area contributed by atoms with Crippen LogP contribution in [0.3, 0.4) is 0 Å². The number of aromatic hydroxyl groups is 4. The minimum Gasteiger partial charge on any atom is -0.504 e. The van der Waals surface area contributed by atoms with Gasteiger partial charge in [-0.1, -0.05) is 13.8 Å². The first-order valence-corrected chi connectivity index (χ1v) is 3.56. The van der Waals surface area contributed by atoms with E-state index in [1.54, 1.807) is 0 Å². The summed E-state index contributed by atoms with van der Waals surface area (Å²) in [5, 5.41) is 34.9. The summed E-state index contributed by atoms with van der Waals surface area (Å²) in [7, 11) is 0. The molecule has 4 nitrogen and oxygen atoms in total. The molecular weight excluding hydrogens is 160 g/mol. The predicted molar refractivity (Wildman–Crippen MR) is 44.4 cm³/mol. The highest BCUT2D eigenvalue weighted by atomic mass is 16.3. The third kappa shape index (κ3) is 1.95.